The van der Waals surface area contributed by atoms with Crippen LogP contribution in [0.25, 0.3) is 22.4 Å². The molecule has 33 heavy (non-hydrogen) atoms. The van der Waals surface area contributed by atoms with Crippen molar-refractivity contribution in [3.8, 4) is 17.0 Å². The van der Waals surface area contributed by atoms with Gasteiger partial charge in [-0.1, -0.05) is 5.16 Å². The van der Waals surface area contributed by atoms with E-state index in [4.69, 9.17) is 13.7 Å². The number of ether oxygens (including phenoxy) is 1. The average Bonchev–Trinajstić information content (AvgIpc) is 3.54. The summed E-state index contributed by atoms with van der Waals surface area (Å²) in [5.41, 5.74) is 2.04. The molecular formula is C24H25N5O4. The highest BCUT2D eigenvalue weighted by atomic mass is 16.5. The van der Waals surface area contributed by atoms with Crippen LogP contribution in [-0.4, -0.2) is 47.8 Å². The van der Waals surface area contributed by atoms with E-state index in [0.717, 1.165) is 54.2 Å². The zero-order valence-corrected chi connectivity index (χ0v) is 18.4. The van der Waals surface area contributed by atoms with Crippen LogP contribution in [0.3, 0.4) is 0 Å². The number of benzene rings is 1. The van der Waals surface area contributed by atoms with Crippen LogP contribution in [-0.2, 0) is 11.2 Å². The molecule has 1 aromatic carbocycles. The topological polar surface area (TPSA) is 107 Å². The van der Waals surface area contributed by atoms with Crippen molar-refractivity contribution in [3.05, 3.63) is 54.7 Å². The monoisotopic (exact) mass is 447 g/mol. The van der Waals surface area contributed by atoms with E-state index in [1.54, 1.807) is 13.4 Å². The van der Waals surface area contributed by atoms with E-state index in [1.165, 1.54) is 6.33 Å². The molecule has 0 radical (unpaired) electrons. The second kappa shape index (κ2) is 9.32. The van der Waals surface area contributed by atoms with Gasteiger partial charge in [0, 0.05) is 37.5 Å². The van der Waals surface area contributed by atoms with Crippen LogP contribution >= 0.6 is 0 Å². The van der Waals surface area contributed by atoms with Gasteiger partial charge >= 0.3 is 0 Å². The number of rotatable bonds is 7. The molecule has 1 amide bonds. The molecule has 3 aromatic heterocycles. The van der Waals surface area contributed by atoms with Crippen molar-refractivity contribution in [3.63, 3.8) is 0 Å². The van der Waals surface area contributed by atoms with E-state index in [-0.39, 0.29) is 11.8 Å². The number of amides is 1. The Balaban J connectivity index is 1.27. The predicted molar refractivity (Wildman–Crippen MR) is 122 cm³/mol. The van der Waals surface area contributed by atoms with E-state index in [9.17, 15) is 4.79 Å². The molecule has 1 aliphatic rings. The maximum atomic E-state index is 12.6. The molecule has 1 aliphatic heterocycles. The van der Waals surface area contributed by atoms with Crippen molar-refractivity contribution < 1.29 is 18.5 Å². The minimum Gasteiger partial charge on any atom is -0.497 e. The SMILES string of the molecule is COc1ccc(-c2noc3ncnc(N4CCC(C(=O)NCCc5ccco5)CC4)c23)cc1. The molecule has 1 saturated heterocycles. The largest absolute Gasteiger partial charge is 0.497 e. The minimum absolute atomic E-state index is 0.0151. The molecule has 4 aromatic rings. The lowest BCUT2D eigenvalue weighted by Gasteiger charge is -2.32. The minimum atomic E-state index is -0.0151. The Morgan fingerprint density at radius 3 is 2.73 bits per heavy atom. The predicted octanol–water partition coefficient (Wildman–Crippen LogP) is 3.46. The lowest BCUT2D eigenvalue weighted by molar-refractivity contribution is -0.125. The third kappa shape index (κ3) is 4.39. The van der Waals surface area contributed by atoms with Crippen molar-refractivity contribution in [1.29, 1.82) is 0 Å². The maximum Gasteiger partial charge on any atom is 0.263 e. The third-order valence-corrected chi connectivity index (χ3v) is 6.03. The van der Waals surface area contributed by atoms with E-state index in [0.29, 0.717) is 24.4 Å². The van der Waals surface area contributed by atoms with Crippen molar-refractivity contribution in [2.24, 2.45) is 5.92 Å². The van der Waals surface area contributed by atoms with Crippen LogP contribution in [0.2, 0.25) is 0 Å². The third-order valence-electron chi connectivity index (χ3n) is 6.03. The number of furan rings is 1. The van der Waals surface area contributed by atoms with Gasteiger partial charge in [-0.2, -0.15) is 4.98 Å². The first-order valence-corrected chi connectivity index (χ1v) is 11.0. The van der Waals surface area contributed by atoms with Crippen LogP contribution in [0.5, 0.6) is 5.75 Å². The number of carbonyl (C=O) groups is 1. The average molecular weight is 447 g/mol. The van der Waals surface area contributed by atoms with Crippen molar-refractivity contribution in [1.82, 2.24) is 20.4 Å². The number of anilines is 1. The number of hydrogen-bond acceptors (Lipinski definition) is 8. The maximum absolute atomic E-state index is 12.6. The van der Waals surface area contributed by atoms with E-state index >= 15 is 0 Å². The molecule has 4 heterocycles. The standard InChI is InChI=1S/C24H25N5O4/c1-31-18-6-4-16(5-7-18)21-20-22(26-15-27-24(20)33-28-21)29-12-9-17(10-13-29)23(30)25-11-8-19-3-2-14-32-19/h2-7,14-15,17H,8-13H2,1H3,(H,25,30). The Morgan fingerprint density at radius 2 is 2.00 bits per heavy atom. The van der Waals surface area contributed by atoms with Gasteiger partial charge in [-0.3, -0.25) is 4.79 Å². The molecular weight excluding hydrogens is 422 g/mol. The summed E-state index contributed by atoms with van der Waals surface area (Å²) in [7, 11) is 1.63. The molecule has 0 unspecified atom stereocenters. The molecule has 0 saturated carbocycles. The van der Waals surface area contributed by atoms with Gasteiger partial charge in [0.15, 0.2) is 0 Å². The molecule has 5 rings (SSSR count). The first-order chi connectivity index (χ1) is 16.2. The van der Waals surface area contributed by atoms with Crippen LogP contribution in [0, 0.1) is 5.92 Å². The number of nitrogens with zero attached hydrogens (tertiary/aromatic N) is 4. The number of methoxy groups -OCH3 is 1. The van der Waals surface area contributed by atoms with E-state index in [1.807, 2.05) is 36.4 Å². The van der Waals surface area contributed by atoms with Crippen LogP contribution in [0.15, 0.2) is 57.9 Å². The summed E-state index contributed by atoms with van der Waals surface area (Å²) in [6, 6.07) is 11.4. The van der Waals surface area contributed by atoms with Gasteiger partial charge in [-0.25, -0.2) is 4.98 Å². The smallest absolute Gasteiger partial charge is 0.263 e. The molecule has 0 bridgehead atoms. The quantitative estimate of drug-likeness (QED) is 0.459. The number of fused-ring (bicyclic) bond motifs is 1. The van der Waals surface area contributed by atoms with E-state index < -0.39 is 0 Å². The second-order valence-electron chi connectivity index (χ2n) is 8.02. The summed E-state index contributed by atoms with van der Waals surface area (Å²) in [5.74, 6) is 2.51. The Labute approximate surface area is 190 Å². The highest BCUT2D eigenvalue weighted by molar-refractivity contribution is 5.98. The number of aromatic nitrogens is 3. The van der Waals surface area contributed by atoms with Gasteiger partial charge in [0.2, 0.25) is 5.91 Å². The van der Waals surface area contributed by atoms with Gasteiger partial charge in [-0.05, 0) is 49.2 Å². The van der Waals surface area contributed by atoms with Gasteiger partial charge < -0.3 is 23.9 Å². The summed E-state index contributed by atoms with van der Waals surface area (Å²) in [6.07, 6.45) is 5.33. The summed E-state index contributed by atoms with van der Waals surface area (Å²) < 4.78 is 16.1. The van der Waals surface area contributed by atoms with Crippen molar-refractivity contribution in [2.45, 2.75) is 19.3 Å². The molecule has 0 atom stereocenters. The molecule has 170 valence electrons. The first kappa shape index (κ1) is 21.0. The van der Waals surface area contributed by atoms with Gasteiger partial charge in [0.25, 0.3) is 5.71 Å². The Morgan fingerprint density at radius 1 is 1.18 bits per heavy atom. The number of piperidine rings is 1. The zero-order valence-electron chi connectivity index (χ0n) is 18.4. The zero-order chi connectivity index (χ0) is 22.6. The Bertz CT molecular complexity index is 1210. The van der Waals surface area contributed by atoms with Crippen molar-refractivity contribution >= 4 is 22.8 Å². The lowest BCUT2D eigenvalue weighted by Crippen LogP contribution is -2.41. The molecule has 9 nitrogen and oxygen atoms in total. The number of nitrogens with one attached hydrogen (secondary N) is 1. The Kier molecular flexibility index (Phi) is 5.93. The summed E-state index contributed by atoms with van der Waals surface area (Å²) in [6.45, 7) is 2.01. The fourth-order valence-corrected chi connectivity index (χ4v) is 4.22. The molecule has 0 aliphatic carbocycles. The molecule has 1 fully saturated rings. The Hall–Kier alpha value is -3.88. The summed E-state index contributed by atoms with van der Waals surface area (Å²) >= 11 is 0. The van der Waals surface area contributed by atoms with Gasteiger partial charge in [0.1, 0.15) is 34.7 Å². The van der Waals surface area contributed by atoms with Crippen LogP contribution in [0.1, 0.15) is 18.6 Å². The van der Waals surface area contributed by atoms with Crippen molar-refractivity contribution in [2.75, 3.05) is 31.6 Å². The number of carbonyl (C=O) groups excluding carboxylic acids is 1. The first-order valence-electron chi connectivity index (χ1n) is 11.0. The van der Waals surface area contributed by atoms with E-state index in [2.05, 4.69) is 25.3 Å². The summed E-state index contributed by atoms with van der Waals surface area (Å²) in [5, 5.41) is 8.07. The van der Waals surface area contributed by atoms with Gasteiger partial charge in [0.05, 0.1) is 13.4 Å². The molecule has 1 N–H and O–H groups in total. The molecule has 9 heteroatoms. The summed E-state index contributed by atoms with van der Waals surface area (Å²) in [4.78, 5) is 23.6. The van der Waals surface area contributed by atoms with Crippen LogP contribution in [0.4, 0.5) is 5.82 Å². The molecule has 0 spiro atoms. The normalized spacial score (nSPS) is 14.5. The second-order valence-corrected chi connectivity index (χ2v) is 8.02. The van der Waals surface area contributed by atoms with Crippen LogP contribution < -0.4 is 15.0 Å². The highest BCUT2D eigenvalue weighted by Gasteiger charge is 2.28. The number of hydrogen-bond donors (Lipinski definition) is 1. The fraction of sp³-hybridized carbons (Fsp3) is 0.333. The highest BCUT2D eigenvalue weighted by Crippen LogP contribution is 2.35. The van der Waals surface area contributed by atoms with Gasteiger partial charge in [-0.15, -0.1) is 0 Å². The fourth-order valence-electron chi connectivity index (χ4n) is 4.22. The lowest BCUT2D eigenvalue weighted by atomic mass is 9.95.